The smallest absolute Gasteiger partial charge is 0.248 e. The number of amides is 1. The van der Waals surface area contributed by atoms with Crippen LogP contribution in [0.5, 0.6) is 17.2 Å². The summed E-state index contributed by atoms with van der Waals surface area (Å²) in [5.74, 6) is 1.82. The van der Waals surface area contributed by atoms with E-state index in [-0.39, 0.29) is 25.7 Å². The molecule has 10 nitrogen and oxygen atoms in total. The summed E-state index contributed by atoms with van der Waals surface area (Å²) in [5, 5.41) is 11.7. The Bertz CT molecular complexity index is 1190. The maximum Gasteiger partial charge on any atom is 0.248 e. The Morgan fingerprint density at radius 2 is 1.87 bits per heavy atom. The minimum atomic E-state index is -1.28. The number of aliphatic hydroxyl groups is 1. The summed E-state index contributed by atoms with van der Waals surface area (Å²) in [6, 6.07) is 13.5. The van der Waals surface area contributed by atoms with E-state index in [2.05, 4.69) is 9.88 Å². The van der Waals surface area contributed by atoms with Crippen molar-refractivity contribution >= 4 is 5.91 Å². The Morgan fingerprint density at radius 1 is 1.05 bits per heavy atom. The van der Waals surface area contributed by atoms with Gasteiger partial charge < -0.3 is 33.5 Å². The van der Waals surface area contributed by atoms with E-state index in [9.17, 15) is 9.90 Å². The number of rotatable bonds is 12. The molecule has 1 unspecified atom stereocenters. The highest BCUT2D eigenvalue weighted by Crippen LogP contribution is 2.29. The maximum absolute atomic E-state index is 12.7. The zero-order valence-corrected chi connectivity index (χ0v) is 22.9. The lowest BCUT2D eigenvalue weighted by Crippen LogP contribution is -2.52. The molecule has 2 heterocycles. The van der Waals surface area contributed by atoms with E-state index in [1.807, 2.05) is 60.2 Å². The van der Waals surface area contributed by atoms with Gasteiger partial charge in [-0.3, -0.25) is 9.69 Å². The summed E-state index contributed by atoms with van der Waals surface area (Å²) >= 11 is 0. The van der Waals surface area contributed by atoms with Crippen LogP contribution in [0.1, 0.15) is 11.1 Å². The van der Waals surface area contributed by atoms with Gasteiger partial charge in [0, 0.05) is 45.7 Å². The van der Waals surface area contributed by atoms with Crippen molar-refractivity contribution in [2.75, 3.05) is 60.2 Å². The van der Waals surface area contributed by atoms with Crippen molar-refractivity contribution in [2.45, 2.75) is 25.6 Å². The van der Waals surface area contributed by atoms with Crippen LogP contribution in [0.2, 0.25) is 0 Å². The summed E-state index contributed by atoms with van der Waals surface area (Å²) in [7, 11) is 3.11. The predicted octanol–water partition coefficient (Wildman–Crippen LogP) is 2.38. The Labute approximate surface area is 229 Å². The highest BCUT2D eigenvalue weighted by molar-refractivity contribution is 5.77. The molecule has 1 aliphatic rings. The number of aryl methyl sites for hydroxylation is 1. The van der Waals surface area contributed by atoms with Gasteiger partial charge in [0.2, 0.25) is 5.91 Å². The molecule has 1 fully saturated rings. The molecule has 0 spiro atoms. The second-order valence-electron chi connectivity index (χ2n) is 9.92. The third-order valence-electron chi connectivity index (χ3n) is 6.64. The fourth-order valence-corrected chi connectivity index (χ4v) is 4.62. The number of carbonyl (C=O) groups excluding carboxylic acids is 1. The quantitative estimate of drug-likeness (QED) is 0.375. The molecule has 0 saturated carbocycles. The molecule has 0 radical (unpaired) electrons. The molecule has 10 heteroatoms. The lowest BCUT2D eigenvalue weighted by Gasteiger charge is -2.33. The first-order chi connectivity index (χ1) is 18.9. The van der Waals surface area contributed by atoms with Gasteiger partial charge in [0.25, 0.3) is 0 Å². The number of β-amino-alcohol motifs (C(OH)–C–C–N with tert-alkyl or cyclic N) is 1. The SMILES string of the molecule is COCC(=O)N1CCN(Cc2ccc(OC)c(OCCn3ccnc3)c2)CC(O)(COc2ccc(C)cc2)C1. The minimum absolute atomic E-state index is 0.0346. The van der Waals surface area contributed by atoms with Gasteiger partial charge >= 0.3 is 0 Å². The molecule has 1 saturated heterocycles. The molecule has 1 N–H and O–H groups in total. The predicted molar refractivity (Wildman–Crippen MR) is 146 cm³/mol. The van der Waals surface area contributed by atoms with Crippen molar-refractivity contribution in [1.29, 1.82) is 0 Å². The molecule has 4 rings (SSSR count). The van der Waals surface area contributed by atoms with E-state index in [4.69, 9.17) is 18.9 Å². The van der Waals surface area contributed by atoms with Crippen molar-refractivity contribution in [3.05, 3.63) is 72.3 Å². The number of aromatic nitrogens is 2. The molecule has 1 aromatic heterocycles. The molecule has 1 amide bonds. The second-order valence-corrected chi connectivity index (χ2v) is 9.92. The van der Waals surface area contributed by atoms with Gasteiger partial charge in [-0.1, -0.05) is 23.8 Å². The Kier molecular flexibility index (Phi) is 9.80. The van der Waals surface area contributed by atoms with Gasteiger partial charge in [-0.05, 0) is 36.8 Å². The van der Waals surface area contributed by atoms with Gasteiger partial charge in [-0.25, -0.2) is 4.98 Å². The summed E-state index contributed by atoms with van der Waals surface area (Å²) in [6.07, 6.45) is 5.38. The van der Waals surface area contributed by atoms with E-state index in [1.165, 1.54) is 7.11 Å². The highest BCUT2D eigenvalue weighted by Gasteiger charge is 2.37. The second kappa shape index (κ2) is 13.5. The average molecular weight is 539 g/mol. The maximum atomic E-state index is 12.7. The van der Waals surface area contributed by atoms with Crippen LogP contribution >= 0.6 is 0 Å². The van der Waals surface area contributed by atoms with Gasteiger partial charge in [0.05, 0.1) is 26.5 Å². The fraction of sp³-hybridized carbons (Fsp3) is 0.448. The van der Waals surface area contributed by atoms with Gasteiger partial charge in [0.15, 0.2) is 11.5 Å². The number of ether oxygens (including phenoxy) is 4. The van der Waals surface area contributed by atoms with Crippen molar-refractivity contribution in [3.8, 4) is 17.2 Å². The third kappa shape index (κ3) is 8.19. The number of hydrogen-bond acceptors (Lipinski definition) is 8. The van der Waals surface area contributed by atoms with Crippen molar-refractivity contribution in [1.82, 2.24) is 19.4 Å². The number of methoxy groups -OCH3 is 2. The van der Waals surface area contributed by atoms with Crippen LogP contribution in [0.25, 0.3) is 0 Å². The average Bonchev–Trinajstić information content (AvgIpc) is 3.38. The van der Waals surface area contributed by atoms with E-state index >= 15 is 0 Å². The molecule has 0 aliphatic carbocycles. The molecule has 0 bridgehead atoms. The minimum Gasteiger partial charge on any atom is -0.493 e. The van der Waals surface area contributed by atoms with Crippen molar-refractivity contribution < 1.29 is 28.8 Å². The summed E-state index contributed by atoms with van der Waals surface area (Å²) in [6.45, 7) is 5.26. The van der Waals surface area contributed by atoms with Crippen LogP contribution < -0.4 is 14.2 Å². The van der Waals surface area contributed by atoms with E-state index < -0.39 is 5.60 Å². The van der Waals surface area contributed by atoms with E-state index in [0.717, 1.165) is 11.1 Å². The first kappa shape index (κ1) is 28.4. The lowest BCUT2D eigenvalue weighted by molar-refractivity contribution is -0.138. The van der Waals surface area contributed by atoms with Crippen LogP contribution in [-0.4, -0.2) is 96.2 Å². The molecular formula is C29H38N4O6. The summed E-state index contributed by atoms with van der Waals surface area (Å²) in [4.78, 5) is 20.6. The summed E-state index contributed by atoms with van der Waals surface area (Å²) < 4.78 is 24.5. The molecule has 2 aromatic carbocycles. The molecule has 3 aromatic rings. The van der Waals surface area contributed by atoms with Crippen molar-refractivity contribution in [3.63, 3.8) is 0 Å². The van der Waals surface area contributed by atoms with Crippen LogP contribution in [0.4, 0.5) is 0 Å². The zero-order chi connectivity index (χ0) is 27.7. The third-order valence-corrected chi connectivity index (χ3v) is 6.64. The monoisotopic (exact) mass is 538 g/mol. The van der Waals surface area contributed by atoms with Crippen LogP contribution in [0, 0.1) is 6.92 Å². The largest absolute Gasteiger partial charge is 0.493 e. The molecule has 210 valence electrons. The topological polar surface area (TPSA) is 98.5 Å². The normalized spacial score (nSPS) is 18.0. The number of nitrogens with zero attached hydrogens (tertiary/aromatic N) is 4. The number of carbonyl (C=O) groups is 1. The fourth-order valence-electron chi connectivity index (χ4n) is 4.62. The Hall–Kier alpha value is -3.60. The number of benzene rings is 2. The number of imidazole rings is 1. The van der Waals surface area contributed by atoms with Gasteiger partial charge in [0.1, 0.15) is 31.2 Å². The van der Waals surface area contributed by atoms with E-state index in [0.29, 0.717) is 56.6 Å². The molecule has 1 atom stereocenters. The van der Waals surface area contributed by atoms with Crippen LogP contribution in [0.15, 0.2) is 61.2 Å². The van der Waals surface area contributed by atoms with Gasteiger partial charge in [-0.15, -0.1) is 0 Å². The lowest BCUT2D eigenvalue weighted by atomic mass is 10.0. The van der Waals surface area contributed by atoms with Crippen molar-refractivity contribution in [2.24, 2.45) is 0 Å². The van der Waals surface area contributed by atoms with Crippen LogP contribution in [-0.2, 0) is 22.6 Å². The zero-order valence-electron chi connectivity index (χ0n) is 22.9. The summed E-state index contributed by atoms with van der Waals surface area (Å²) in [5.41, 5.74) is 0.857. The Balaban J connectivity index is 1.46. The molecule has 39 heavy (non-hydrogen) atoms. The highest BCUT2D eigenvalue weighted by atomic mass is 16.5. The van der Waals surface area contributed by atoms with Crippen LogP contribution in [0.3, 0.4) is 0 Å². The first-order valence-corrected chi connectivity index (χ1v) is 13.0. The van der Waals surface area contributed by atoms with E-state index in [1.54, 1.807) is 24.5 Å². The Morgan fingerprint density at radius 3 is 2.59 bits per heavy atom. The molecular weight excluding hydrogens is 500 g/mol. The van der Waals surface area contributed by atoms with Gasteiger partial charge in [-0.2, -0.15) is 0 Å². The standard InChI is InChI=1S/C29H38N4O6/c1-23-4-7-25(8-5-23)39-21-29(35)19-32(12-13-33(20-29)28(34)18-36-2)17-24-6-9-26(37-3)27(16-24)38-15-14-31-11-10-30-22-31/h4-11,16,22,35H,12-15,17-21H2,1-3H3. The first-order valence-electron chi connectivity index (χ1n) is 13.0. The number of hydrogen-bond donors (Lipinski definition) is 1. The molecule has 1 aliphatic heterocycles.